The minimum atomic E-state index is 0.175. The second kappa shape index (κ2) is 4.76. The van der Waals surface area contributed by atoms with Gasteiger partial charge in [0.15, 0.2) is 0 Å². The zero-order valence-electron chi connectivity index (χ0n) is 9.79. The molecule has 1 aliphatic rings. The topological polar surface area (TPSA) is 35.2 Å². The maximum absolute atomic E-state index is 6.08. The van der Waals surface area contributed by atoms with Crippen LogP contribution in [0, 0.1) is 6.92 Å². The van der Waals surface area contributed by atoms with Crippen molar-refractivity contribution in [3.63, 3.8) is 0 Å². The molecule has 0 radical (unpaired) electrons. The molecule has 0 fully saturated rings. The van der Waals surface area contributed by atoms with Gasteiger partial charge in [0, 0.05) is 22.0 Å². The Morgan fingerprint density at radius 2 is 2.25 bits per heavy atom. The summed E-state index contributed by atoms with van der Waals surface area (Å²) in [7, 11) is 0. The van der Waals surface area contributed by atoms with Crippen LogP contribution in [0.2, 0.25) is 0 Å². The number of benzene rings is 1. The molecular weight excluding hydrogens is 266 g/mol. The van der Waals surface area contributed by atoms with E-state index in [0.29, 0.717) is 5.92 Å². The Balaban J connectivity index is 2.51. The minimum absolute atomic E-state index is 0.175. The molecule has 2 rings (SSSR count). The van der Waals surface area contributed by atoms with E-state index in [2.05, 4.69) is 41.9 Å². The number of aryl methyl sites for hydroxylation is 1. The summed E-state index contributed by atoms with van der Waals surface area (Å²) in [5, 5.41) is 0. The molecule has 2 nitrogen and oxygen atoms in total. The highest BCUT2D eigenvalue weighted by Gasteiger charge is 2.24. The van der Waals surface area contributed by atoms with E-state index in [0.717, 1.165) is 29.7 Å². The Morgan fingerprint density at radius 1 is 1.50 bits per heavy atom. The molecule has 1 heterocycles. The van der Waals surface area contributed by atoms with Gasteiger partial charge in [-0.05, 0) is 44.4 Å². The highest BCUT2D eigenvalue weighted by molar-refractivity contribution is 9.10. The van der Waals surface area contributed by atoms with Crippen molar-refractivity contribution in [1.29, 1.82) is 0 Å². The summed E-state index contributed by atoms with van der Waals surface area (Å²) in [5.74, 6) is 1.46. The fourth-order valence-electron chi connectivity index (χ4n) is 2.41. The molecule has 0 aromatic heterocycles. The Hall–Kier alpha value is -0.540. The predicted octanol–water partition coefficient (Wildman–Crippen LogP) is 3.36. The lowest BCUT2D eigenvalue weighted by atomic mass is 9.88. The van der Waals surface area contributed by atoms with Gasteiger partial charge in [0.05, 0.1) is 6.61 Å². The lowest BCUT2D eigenvalue weighted by Crippen LogP contribution is -2.24. The molecule has 1 aliphatic heterocycles. The summed E-state index contributed by atoms with van der Waals surface area (Å²) in [6, 6.07) is 4.43. The molecule has 2 N–H and O–H groups in total. The summed E-state index contributed by atoms with van der Waals surface area (Å²) >= 11 is 3.55. The number of nitrogens with two attached hydrogens (primary N) is 1. The van der Waals surface area contributed by atoms with Crippen LogP contribution in [-0.2, 0) is 0 Å². The summed E-state index contributed by atoms with van der Waals surface area (Å²) in [6.45, 7) is 4.97. The van der Waals surface area contributed by atoms with Gasteiger partial charge in [-0.25, -0.2) is 0 Å². The summed E-state index contributed by atoms with van der Waals surface area (Å²) in [4.78, 5) is 0. The second-order valence-electron chi connectivity index (χ2n) is 4.60. The number of fused-ring (bicyclic) bond motifs is 1. The fraction of sp³-hybridized carbons (Fsp3) is 0.538. The van der Waals surface area contributed by atoms with Gasteiger partial charge >= 0.3 is 0 Å². The first kappa shape index (κ1) is 11.9. The standard InChI is InChI=1S/C13H18BrNO/c1-8-6-10(14)7-12-11(9(2)15)4-3-5-16-13(8)12/h6-7,9,11H,3-5,15H2,1-2H3. The number of ether oxygens (including phenoxy) is 1. The van der Waals surface area contributed by atoms with Gasteiger partial charge in [0.25, 0.3) is 0 Å². The molecule has 0 spiro atoms. The SMILES string of the molecule is Cc1cc(Br)cc2c1OCCCC2C(C)N. The van der Waals surface area contributed by atoms with Gasteiger partial charge in [0.2, 0.25) is 0 Å². The van der Waals surface area contributed by atoms with E-state index in [1.54, 1.807) is 0 Å². The van der Waals surface area contributed by atoms with Crippen molar-refractivity contribution in [3.8, 4) is 5.75 Å². The highest BCUT2D eigenvalue weighted by atomic mass is 79.9. The van der Waals surface area contributed by atoms with Crippen LogP contribution < -0.4 is 10.5 Å². The van der Waals surface area contributed by atoms with Crippen molar-refractivity contribution in [2.24, 2.45) is 5.73 Å². The normalized spacial score (nSPS) is 21.9. The maximum atomic E-state index is 6.08. The minimum Gasteiger partial charge on any atom is -0.493 e. The Bertz CT molecular complexity index is 390. The monoisotopic (exact) mass is 283 g/mol. The zero-order chi connectivity index (χ0) is 11.7. The van der Waals surface area contributed by atoms with E-state index >= 15 is 0 Å². The Kier molecular flexibility index (Phi) is 3.55. The molecule has 0 saturated heterocycles. The van der Waals surface area contributed by atoms with Crippen molar-refractivity contribution >= 4 is 15.9 Å². The number of halogens is 1. The third kappa shape index (κ3) is 2.25. The van der Waals surface area contributed by atoms with E-state index in [1.165, 1.54) is 11.1 Å². The molecule has 0 amide bonds. The summed E-state index contributed by atoms with van der Waals surface area (Å²) in [5.41, 5.74) is 8.54. The molecule has 0 aliphatic carbocycles. The van der Waals surface area contributed by atoms with Crippen molar-refractivity contribution in [3.05, 3.63) is 27.7 Å². The largest absolute Gasteiger partial charge is 0.493 e. The Morgan fingerprint density at radius 3 is 2.94 bits per heavy atom. The number of hydrogen-bond donors (Lipinski definition) is 1. The van der Waals surface area contributed by atoms with E-state index in [9.17, 15) is 0 Å². The molecule has 16 heavy (non-hydrogen) atoms. The molecule has 3 heteroatoms. The molecule has 0 bridgehead atoms. The third-order valence-electron chi connectivity index (χ3n) is 3.21. The molecule has 88 valence electrons. The quantitative estimate of drug-likeness (QED) is 0.858. The first-order chi connectivity index (χ1) is 7.59. The lowest BCUT2D eigenvalue weighted by Gasteiger charge is -2.21. The molecule has 2 atom stereocenters. The zero-order valence-corrected chi connectivity index (χ0v) is 11.4. The predicted molar refractivity (Wildman–Crippen MR) is 70.0 cm³/mol. The van der Waals surface area contributed by atoms with E-state index in [-0.39, 0.29) is 6.04 Å². The smallest absolute Gasteiger partial charge is 0.125 e. The molecule has 0 saturated carbocycles. The molecular formula is C13H18BrNO. The van der Waals surface area contributed by atoms with Crippen LogP contribution in [0.3, 0.4) is 0 Å². The first-order valence-corrected chi connectivity index (χ1v) is 6.57. The van der Waals surface area contributed by atoms with Crippen molar-refractivity contribution in [2.75, 3.05) is 6.61 Å². The molecule has 1 aromatic carbocycles. The van der Waals surface area contributed by atoms with Crippen molar-refractivity contribution in [1.82, 2.24) is 0 Å². The second-order valence-corrected chi connectivity index (χ2v) is 5.51. The van der Waals surface area contributed by atoms with E-state index in [4.69, 9.17) is 10.5 Å². The van der Waals surface area contributed by atoms with Gasteiger partial charge in [-0.3, -0.25) is 0 Å². The highest BCUT2D eigenvalue weighted by Crippen LogP contribution is 2.38. The summed E-state index contributed by atoms with van der Waals surface area (Å²) < 4.78 is 6.95. The van der Waals surface area contributed by atoms with Gasteiger partial charge < -0.3 is 10.5 Å². The van der Waals surface area contributed by atoms with Crippen LogP contribution in [-0.4, -0.2) is 12.6 Å². The number of rotatable bonds is 1. The first-order valence-electron chi connectivity index (χ1n) is 5.78. The van der Waals surface area contributed by atoms with Crippen LogP contribution in [0.25, 0.3) is 0 Å². The van der Waals surface area contributed by atoms with Crippen LogP contribution in [0.5, 0.6) is 5.75 Å². The van der Waals surface area contributed by atoms with Crippen LogP contribution >= 0.6 is 15.9 Å². The van der Waals surface area contributed by atoms with E-state index < -0.39 is 0 Å². The summed E-state index contributed by atoms with van der Waals surface area (Å²) in [6.07, 6.45) is 2.19. The molecule has 2 unspecified atom stereocenters. The number of hydrogen-bond acceptors (Lipinski definition) is 2. The van der Waals surface area contributed by atoms with Crippen LogP contribution in [0.4, 0.5) is 0 Å². The van der Waals surface area contributed by atoms with Crippen molar-refractivity contribution < 1.29 is 4.74 Å². The average molecular weight is 284 g/mol. The van der Waals surface area contributed by atoms with Gasteiger partial charge in [-0.15, -0.1) is 0 Å². The van der Waals surface area contributed by atoms with Gasteiger partial charge in [-0.2, -0.15) is 0 Å². The van der Waals surface area contributed by atoms with Crippen LogP contribution in [0.15, 0.2) is 16.6 Å². The lowest BCUT2D eigenvalue weighted by molar-refractivity contribution is 0.313. The Labute approximate surface area is 105 Å². The van der Waals surface area contributed by atoms with Crippen molar-refractivity contribution in [2.45, 2.75) is 38.6 Å². The average Bonchev–Trinajstić information content (AvgIpc) is 2.39. The van der Waals surface area contributed by atoms with Gasteiger partial charge in [0.1, 0.15) is 5.75 Å². The third-order valence-corrected chi connectivity index (χ3v) is 3.67. The van der Waals surface area contributed by atoms with Gasteiger partial charge in [-0.1, -0.05) is 15.9 Å². The molecule has 1 aromatic rings. The van der Waals surface area contributed by atoms with E-state index in [1.807, 2.05) is 0 Å². The van der Waals surface area contributed by atoms with Crippen LogP contribution in [0.1, 0.15) is 36.8 Å². The fourth-order valence-corrected chi connectivity index (χ4v) is 3.00. The maximum Gasteiger partial charge on any atom is 0.125 e.